The molecule has 0 aliphatic rings. The Morgan fingerprint density at radius 3 is 2.44 bits per heavy atom. The Morgan fingerprint density at radius 2 is 1.89 bits per heavy atom. The molecular formula is C18H20N4O4S. The van der Waals surface area contributed by atoms with Crippen molar-refractivity contribution in [1.29, 1.82) is 5.41 Å². The van der Waals surface area contributed by atoms with Crippen LogP contribution < -0.4 is 5.06 Å². The topological polar surface area (TPSA) is 122 Å². The maximum Gasteiger partial charge on any atom is 0.296 e. The number of hydroxylamine groups is 1. The third-order valence-electron chi connectivity index (χ3n) is 4.38. The number of benzene rings is 2. The smallest absolute Gasteiger partial charge is 0.296 e. The fourth-order valence-corrected chi connectivity index (χ4v) is 3.49. The Hall–Kier alpha value is -2.88. The molecule has 0 aliphatic carbocycles. The largest absolute Gasteiger partial charge is 0.297 e. The van der Waals surface area contributed by atoms with Gasteiger partial charge < -0.3 is 0 Å². The Balaban J connectivity index is 1.95. The van der Waals surface area contributed by atoms with Crippen molar-refractivity contribution >= 4 is 21.8 Å². The van der Waals surface area contributed by atoms with Crippen LogP contribution in [0.2, 0.25) is 0 Å². The minimum absolute atomic E-state index is 0.0558. The molecule has 1 unspecified atom stereocenters. The van der Waals surface area contributed by atoms with Crippen LogP contribution in [0.25, 0.3) is 0 Å². The lowest BCUT2D eigenvalue weighted by Crippen LogP contribution is -2.38. The summed E-state index contributed by atoms with van der Waals surface area (Å²) in [4.78, 5) is -0.484. The summed E-state index contributed by atoms with van der Waals surface area (Å²) >= 11 is 0. The fraction of sp³-hybridized carbons (Fsp3) is 0.167. The van der Waals surface area contributed by atoms with E-state index in [9.17, 15) is 18.2 Å². The number of aryl methyl sites for hydroxylation is 1. The SMILES string of the molecule is Cc1ccc(S(=O)(=O)O)c(N(O)C(=N)n2[nH]cc2C(C)c2ccccc2)c1. The summed E-state index contributed by atoms with van der Waals surface area (Å²) in [7, 11) is -4.57. The number of nitrogens with zero attached hydrogens (tertiary/aromatic N) is 2. The monoisotopic (exact) mass is 388 g/mol. The summed E-state index contributed by atoms with van der Waals surface area (Å²) in [5.74, 6) is -0.453. The highest BCUT2D eigenvalue weighted by molar-refractivity contribution is 7.86. The summed E-state index contributed by atoms with van der Waals surface area (Å²) in [6.07, 6.45) is 1.71. The van der Waals surface area contributed by atoms with Crippen molar-refractivity contribution in [3.8, 4) is 0 Å². The molecule has 2 aromatic carbocycles. The van der Waals surface area contributed by atoms with Crippen molar-refractivity contribution in [2.75, 3.05) is 5.06 Å². The van der Waals surface area contributed by atoms with Gasteiger partial charge in [-0.25, -0.2) is 4.68 Å². The predicted molar refractivity (Wildman–Crippen MR) is 101 cm³/mol. The van der Waals surface area contributed by atoms with Crippen molar-refractivity contribution < 1.29 is 18.2 Å². The second-order valence-electron chi connectivity index (χ2n) is 6.25. The van der Waals surface area contributed by atoms with Gasteiger partial charge in [0.25, 0.3) is 10.1 Å². The van der Waals surface area contributed by atoms with Crippen molar-refractivity contribution in [2.24, 2.45) is 0 Å². The van der Waals surface area contributed by atoms with Gasteiger partial charge in [0.05, 0.1) is 11.4 Å². The molecule has 0 radical (unpaired) electrons. The predicted octanol–water partition coefficient (Wildman–Crippen LogP) is 3.20. The molecule has 0 aliphatic heterocycles. The molecule has 0 saturated heterocycles. The van der Waals surface area contributed by atoms with Gasteiger partial charge in [-0.15, -0.1) is 0 Å². The summed E-state index contributed by atoms with van der Waals surface area (Å²) in [5.41, 5.74) is 2.21. The third-order valence-corrected chi connectivity index (χ3v) is 5.28. The van der Waals surface area contributed by atoms with E-state index in [2.05, 4.69) is 5.10 Å². The van der Waals surface area contributed by atoms with Crippen LogP contribution in [-0.2, 0) is 10.1 Å². The van der Waals surface area contributed by atoms with Gasteiger partial charge in [-0.2, -0.15) is 13.5 Å². The van der Waals surface area contributed by atoms with E-state index in [1.165, 1.54) is 22.9 Å². The second-order valence-corrected chi connectivity index (χ2v) is 7.64. The quantitative estimate of drug-likeness (QED) is 0.237. The zero-order valence-electron chi connectivity index (χ0n) is 14.8. The fourth-order valence-electron chi connectivity index (χ4n) is 2.84. The molecule has 0 fully saturated rings. The Labute approximate surface area is 156 Å². The highest BCUT2D eigenvalue weighted by atomic mass is 32.2. The van der Waals surface area contributed by atoms with Crippen LogP contribution in [0.4, 0.5) is 5.69 Å². The maximum absolute atomic E-state index is 11.6. The molecule has 0 spiro atoms. The van der Waals surface area contributed by atoms with Gasteiger partial charge in [0, 0.05) is 12.1 Å². The van der Waals surface area contributed by atoms with E-state index in [0.717, 1.165) is 11.3 Å². The highest BCUT2D eigenvalue weighted by Gasteiger charge is 2.25. The molecule has 3 rings (SSSR count). The summed E-state index contributed by atoms with van der Waals surface area (Å²) in [5, 5.41) is 22.0. The van der Waals surface area contributed by atoms with Crippen molar-refractivity contribution in [3.05, 3.63) is 71.5 Å². The first-order valence-corrected chi connectivity index (χ1v) is 9.61. The van der Waals surface area contributed by atoms with Crippen molar-refractivity contribution in [3.63, 3.8) is 0 Å². The lowest BCUT2D eigenvalue weighted by molar-refractivity contribution is 0.301. The lowest BCUT2D eigenvalue weighted by Gasteiger charge is -2.27. The zero-order valence-corrected chi connectivity index (χ0v) is 15.6. The molecule has 0 amide bonds. The van der Waals surface area contributed by atoms with Crippen LogP contribution in [0.3, 0.4) is 0 Å². The molecule has 8 nitrogen and oxygen atoms in total. The minimum atomic E-state index is -4.57. The van der Waals surface area contributed by atoms with E-state index < -0.39 is 21.0 Å². The van der Waals surface area contributed by atoms with E-state index >= 15 is 0 Å². The normalized spacial score (nSPS) is 12.7. The molecule has 0 bridgehead atoms. The summed E-state index contributed by atoms with van der Waals surface area (Å²) < 4.78 is 34.0. The van der Waals surface area contributed by atoms with Gasteiger partial charge in [-0.05, 0) is 30.2 Å². The number of aromatic nitrogens is 2. The van der Waals surface area contributed by atoms with Crippen LogP contribution in [0.15, 0.2) is 59.6 Å². The van der Waals surface area contributed by atoms with Crippen LogP contribution in [0.5, 0.6) is 0 Å². The molecule has 1 heterocycles. The number of hydrogen-bond donors (Lipinski definition) is 4. The Bertz CT molecular complexity index is 1070. The number of nitrogens with one attached hydrogen (secondary N) is 2. The van der Waals surface area contributed by atoms with Crippen molar-refractivity contribution in [2.45, 2.75) is 24.7 Å². The average molecular weight is 388 g/mol. The van der Waals surface area contributed by atoms with Crippen molar-refractivity contribution in [1.82, 2.24) is 9.78 Å². The molecule has 27 heavy (non-hydrogen) atoms. The Morgan fingerprint density at radius 1 is 1.22 bits per heavy atom. The number of anilines is 1. The first-order chi connectivity index (χ1) is 12.7. The lowest BCUT2D eigenvalue weighted by atomic mass is 9.98. The third kappa shape index (κ3) is 3.65. The van der Waals surface area contributed by atoms with Gasteiger partial charge in [-0.1, -0.05) is 43.3 Å². The molecule has 1 aromatic heterocycles. The maximum atomic E-state index is 11.6. The van der Waals surface area contributed by atoms with E-state index in [4.69, 9.17) is 5.41 Å². The number of hydrogen-bond acceptors (Lipinski definition) is 4. The molecule has 3 aromatic rings. The first-order valence-electron chi connectivity index (χ1n) is 8.17. The van der Waals surface area contributed by atoms with Crippen LogP contribution in [0, 0.1) is 12.3 Å². The number of H-pyrrole nitrogens is 1. The van der Waals surface area contributed by atoms with E-state index in [0.29, 0.717) is 10.6 Å². The molecular weight excluding hydrogens is 368 g/mol. The number of aromatic amines is 1. The summed E-state index contributed by atoms with van der Waals surface area (Å²) in [6.45, 7) is 3.67. The zero-order chi connectivity index (χ0) is 19.8. The molecule has 0 saturated carbocycles. The second kappa shape index (κ2) is 7.03. The minimum Gasteiger partial charge on any atom is -0.297 e. The molecule has 4 N–H and O–H groups in total. The standard InChI is InChI=1S/C18H20N4O4S/c1-12-8-9-17(27(24,25)26)15(10-12)22(23)18(19)21-16(11-20-21)13(2)14-6-4-3-5-7-14/h3-11,13,19-20,23H,1-2H3,(H,24,25,26). The van der Waals surface area contributed by atoms with Crippen LogP contribution in [-0.4, -0.2) is 33.9 Å². The summed E-state index contributed by atoms with van der Waals surface area (Å²) in [6, 6.07) is 13.7. The molecule has 9 heteroatoms. The van der Waals surface area contributed by atoms with E-state index in [-0.39, 0.29) is 11.6 Å². The molecule has 1 atom stereocenters. The number of rotatable bonds is 4. The van der Waals surface area contributed by atoms with Gasteiger partial charge in [0.15, 0.2) is 0 Å². The van der Waals surface area contributed by atoms with Crippen LogP contribution >= 0.6 is 0 Å². The molecule has 142 valence electrons. The van der Waals surface area contributed by atoms with E-state index in [1.54, 1.807) is 13.1 Å². The highest BCUT2D eigenvalue weighted by Crippen LogP contribution is 2.28. The van der Waals surface area contributed by atoms with Gasteiger partial charge in [0.1, 0.15) is 4.90 Å². The Kier molecular flexibility index (Phi) is 4.92. The van der Waals surface area contributed by atoms with Gasteiger partial charge in [-0.3, -0.25) is 20.3 Å². The van der Waals surface area contributed by atoms with Gasteiger partial charge in [0.2, 0.25) is 5.96 Å². The average Bonchev–Trinajstić information content (AvgIpc) is 2.59. The van der Waals surface area contributed by atoms with Crippen LogP contribution in [0.1, 0.15) is 29.7 Å². The van der Waals surface area contributed by atoms with E-state index in [1.807, 2.05) is 37.3 Å². The van der Waals surface area contributed by atoms with Gasteiger partial charge >= 0.3 is 0 Å². The first kappa shape index (κ1) is 18.9.